The lowest BCUT2D eigenvalue weighted by Gasteiger charge is -2.21. The molecular formula is C19H23NO3. The van der Waals surface area contributed by atoms with E-state index >= 15 is 0 Å². The van der Waals surface area contributed by atoms with Crippen LogP contribution in [-0.4, -0.2) is 22.0 Å². The van der Waals surface area contributed by atoms with Crippen LogP contribution in [0.2, 0.25) is 0 Å². The molecule has 1 aromatic heterocycles. The summed E-state index contributed by atoms with van der Waals surface area (Å²) in [6.07, 6.45) is 5.07. The van der Waals surface area contributed by atoms with Gasteiger partial charge in [-0.2, -0.15) is 0 Å². The van der Waals surface area contributed by atoms with Crippen molar-refractivity contribution in [3.8, 4) is 0 Å². The van der Waals surface area contributed by atoms with E-state index in [9.17, 15) is 9.59 Å². The van der Waals surface area contributed by atoms with E-state index in [0.717, 1.165) is 35.7 Å². The Balaban J connectivity index is 1.91. The summed E-state index contributed by atoms with van der Waals surface area (Å²) in [7, 11) is 0. The number of nitrogens with zero attached hydrogens (tertiary/aromatic N) is 1. The number of ketones is 1. The van der Waals surface area contributed by atoms with Crippen LogP contribution in [0.15, 0.2) is 30.5 Å². The lowest BCUT2D eigenvalue weighted by atomic mass is 9.83. The van der Waals surface area contributed by atoms with E-state index in [-0.39, 0.29) is 12.0 Å². The zero-order valence-electron chi connectivity index (χ0n) is 14.0. The molecule has 0 spiro atoms. The molecule has 4 heteroatoms. The molecule has 1 saturated carbocycles. The largest absolute Gasteiger partial charge is 0.443 e. The second kappa shape index (κ2) is 5.84. The van der Waals surface area contributed by atoms with Crippen LogP contribution >= 0.6 is 0 Å². The molecule has 1 aliphatic rings. The number of rotatable bonds is 1. The van der Waals surface area contributed by atoms with Crippen molar-refractivity contribution >= 4 is 22.8 Å². The van der Waals surface area contributed by atoms with Crippen molar-refractivity contribution in [2.24, 2.45) is 0 Å². The van der Waals surface area contributed by atoms with Crippen molar-refractivity contribution in [3.05, 3.63) is 36.0 Å². The molecule has 2 aromatic rings. The van der Waals surface area contributed by atoms with Gasteiger partial charge in [-0.25, -0.2) is 4.79 Å². The predicted molar refractivity (Wildman–Crippen MR) is 89.8 cm³/mol. The number of hydrogen-bond donors (Lipinski definition) is 0. The van der Waals surface area contributed by atoms with E-state index in [1.54, 1.807) is 6.20 Å². The molecule has 0 aliphatic heterocycles. The topological polar surface area (TPSA) is 48.3 Å². The van der Waals surface area contributed by atoms with Crippen LogP contribution in [0, 0.1) is 0 Å². The minimum absolute atomic E-state index is 0.0121. The summed E-state index contributed by atoms with van der Waals surface area (Å²) in [4.78, 5) is 24.4. The van der Waals surface area contributed by atoms with E-state index in [1.807, 2.05) is 45.0 Å². The van der Waals surface area contributed by atoms with E-state index in [0.29, 0.717) is 12.2 Å². The van der Waals surface area contributed by atoms with Crippen LogP contribution in [0.3, 0.4) is 0 Å². The van der Waals surface area contributed by atoms with Crippen LogP contribution < -0.4 is 0 Å². The average Bonchev–Trinajstić information content (AvgIpc) is 2.89. The summed E-state index contributed by atoms with van der Waals surface area (Å²) < 4.78 is 6.94. The summed E-state index contributed by atoms with van der Waals surface area (Å²) >= 11 is 0. The average molecular weight is 313 g/mol. The van der Waals surface area contributed by atoms with Crippen molar-refractivity contribution in [1.29, 1.82) is 0 Å². The first-order valence-corrected chi connectivity index (χ1v) is 8.22. The summed E-state index contributed by atoms with van der Waals surface area (Å²) in [5, 5.41) is 0.965. The van der Waals surface area contributed by atoms with Gasteiger partial charge >= 0.3 is 6.09 Å². The second-order valence-corrected chi connectivity index (χ2v) is 7.25. The Morgan fingerprint density at radius 1 is 1.22 bits per heavy atom. The Morgan fingerprint density at radius 2 is 2.00 bits per heavy atom. The quantitative estimate of drug-likeness (QED) is 0.770. The van der Waals surface area contributed by atoms with Gasteiger partial charge in [0.15, 0.2) is 0 Å². The van der Waals surface area contributed by atoms with Gasteiger partial charge < -0.3 is 4.74 Å². The lowest BCUT2D eigenvalue weighted by molar-refractivity contribution is -0.121. The normalized spacial score (nSPS) is 19.1. The highest BCUT2D eigenvalue weighted by atomic mass is 16.6. The number of benzene rings is 1. The smallest absolute Gasteiger partial charge is 0.418 e. The summed E-state index contributed by atoms with van der Waals surface area (Å²) in [6, 6.07) is 7.81. The van der Waals surface area contributed by atoms with Gasteiger partial charge in [0.1, 0.15) is 11.4 Å². The molecule has 3 rings (SSSR count). The Labute approximate surface area is 136 Å². The molecule has 4 nitrogen and oxygen atoms in total. The van der Waals surface area contributed by atoms with Gasteiger partial charge in [-0.3, -0.25) is 9.36 Å². The van der Waals surface area contributed by atoms with Gasteiger partial charge in [-0.15, -0.1) is 0 Å². The minimum atomic E-state index is -0.526. The van der Waals surface area contributed by atoms with Crippen molar-refractivity contribution < 1.29 is 14.3 Å². The summed E-state index contributed by atoms with van der Waals surface area (Å²) in [5.74, 6) is 0.347. The highest BCUT2D eigenvalue weighted by Crippen LogP contribution is 2.32. The van der Waals surface area contributed by atoms with Gasteiger partial charge in [0.25, 0.3) is 0 Å². The molecule has 0 unspecified atom stereocenters. The van der Waals surface area contributed by atoms with Crippen molar-refractivity contribution in [2.75, 3.05) is 0 Å². The van der Waals surface area contributed by atoms with Crippen LogP contribution in [0.1, 0.15) is 57.9 Å². The molecule has 1 fully saturated rings. The number of Topliss-reactive ketones (excluding diaryl/α,β-unsaturated/α-hetero) is 1. The first-order chi connectivity index (χ1) is 10.8. The lowest BCUT2D eigenvalue weighted by Crippen LogP contribution is -2.26. The standard InChI is InChI=1S/C19H23NO3/c1-19(2,3)23-18(22)20-11-10-14-12-13(8-9-16(14)20)15-6-4-5-7-17(15)21/h8-12,15H,4-7H2,1-3H3/t15-/m0/s1. The van der Waals surface area contributed by atoms with Gasteiger partial charge in [0.05, 0.1) is 5.52 Å². The van der Waals surface area contributed by atoms with Gasteiger partial charge in [0, 0.05) is 23.9 Å². The molecular weight excluding hydrogens is 290 g/mol. The number of fused-ring (bicyclic) bond motifs is 1. The maximum absolute atomic E-state index is 12.3. The maximum atomic E-state index is 12.3. The third kappa shape index (κ3) is 3.31. The summed E-state index contributed by atoms with van der Waals surface area (Å²) in [5.41, 5.74) is 1.35. The first kappa shape index (κ1) is 15.8. The molecule has 0 amide bonds. The van der Waals surface area contributed by atoms with Crippen molar-refractivity contribution in [2.45, 2.75) is 58.0 Å². The third-order valence-corrected chi connectivity index (χ3v) is 4.26. The fourth-order valence-corrected chi connectivity index (χ4v) is 3.18. The maximum Gasteiger partial charge on any atom is 0.418 e. The molecule has 0 saturated heterocycles. The Morgan fingerprint density at radius 3 is 2.70 bits per heavy atom. The molecule has 0 N–H and O–H groups in total. The Bertz CT molecular complexity index is 752. The fraction of sp³-hybridized carbons (Fsp3) is 0.474. The Hall–Kier alpha value is -2.10. The van der Waals surface area contributed by atoms with E-state index in [2.05, 4.69) is 0 Å². The SMILES string of the molecule is CC(C)(C)OC(=O)n1ccc2cc([C@@H]3CCCCC3=O)ccc21. The summed E-state index contributed by atoms with van der Waals surface area (Å²) in [6.45, 7) is 5.55. The number of ether oxygens (including phenoxy) is 1. The van der Waals surface area contributed by atoms with Crippen LogP contribution in [0.4, 0.5) is 4.79 Å². The fourth-order valence-electron chi connectivity index (χ4n) is 3.18. The van der Waals surface area contributed by atoms with Crippen molar-refractivity contribution in [3.63, 3.8) is 0 Å². The predicted octanol–water partition coefficient (Wildman–Crippen LogP) is 4.65. The highest BCUT2D eigenvalue weighted by Gasteiger charge is 2.24. The molecule has 0 radical (unpaired) electrons. The molecule has 0 bridgehead atoms. The number of hydrogen-bond acceptors (Lipinski definition) is 3. The highest BCUT2D eigenvalue weighted by molar-refractivity contribution is 5.92. The molecule has 1 aliphatic carbocycles. The number of carbonyl (C=O) groups excluding carboxylic acids is 2. The minimum Gasteiger partial charge on any atom is -0.443 e. The molecule has 23 heavy (non-hydrogen) atoms. The zero-order valence-corrected chi connectivity index (χ0v) is 14.0. The number of aromatic nitrogens is 1. The monoisotopic (exact) mass is 313 g/mol. The van der Waals surface area contributed by atoms with Crippen LogP contribution in [0.5, 0.6) is 0 Å². The van der Waals surface area contributed by atoms with Gasteiger partial charge in [0.2, 0.25) is 0 Å². The van der Waals surface area contributed by atoms with E-state index in [4.69, 9.17) is 4.74 Å². The van der Waals surface area contributed by atoms with Crippen LogP contribution in [-0.2, 0) is 9.53 Å². The molecule has 1 aromatic carbocycles. The van der Waals surface area contributed by atoms with Crippen LogP contribution in [0.25, 0.3) is 10.9 Å². The molecule has 1 atom stereocenters. The van der Waals surface area contributed by atoms with Gasteiger partial charge in [-0.05, 0) is 57.4 Å². The van der Waals surface area contributed by atoms with E-state index in [1.165, 1.54) is 4.57 Å². The number of carbonyl (C=O) groups is 2. The van der Waals surface area contributed by atoms with E-state index < -0.39 is 5.60 Å². The molecule has 122 valence electrons. The Kier molecular flexibility index (Phi) is 4.00. The first-order valence-electron chi connectivity index (χ1n) is 8.22. The molecule has 1 heterocycles. The third-order valence-electron chi connectivity index (χ3n) is 4.26. The second-order valence-electron chi connectivity index (χ2n) is 7.25. The zero-order chi connectivity index (χ0) is 16.6. The van der Waals surface area contributed by atoms with Gasteiger partial charge in [-0.1, -0.05) is 12.5 Å². The van der Waals surface area contributed by atoms with Crippen molar-refractivity contribution in [1.82, 2.24) is 4.57 Å².